The summed E-state index contributed by atoms with van der Waals surface area (Å²) in [5.41, 5.74) is 1.29. The van der Waals surface area contributed by atoms with Crippen molar-refractivity contribution >= 4 is 28.6 Å². The highest BCUT2D eigenvalue weighted by Crippen LogP contribution is 2.39. The zero-order valence-electron chi connectivity index (χ0n) is 11.9. The van der Waals surface area contributed by atoms with E-state index in [9.17, 15) is 4.79 Å². The van der Waals surface area contributed by atoms with E-state index in [1.807, 2.05) is 30.1 Å². The minimum atomic E-state index is 0.0720. The zero-order valence-corrected chi connectivity index (χ0v) is 13.5. The Hall–Kier alpha value is -1.65. The maximum atomic E-state index is 12.5. The van der Waals surface area contributed by atoms with Crippen LogP contribution >= 0.6 is 22.7 Å². The molecule has 2 aromatic heterocycles. The lowest BCUT2D eigenvalue weighted by Crippen LogP contribution is -2.38. The van der Waals surface area contributed by atoms with Gasteiger partial charge in [0.25, 0.3) is 0 Å². The SMILES string of the molecule is C/C=C/C=C/C(=O)N1CCc2sccc2C1c1cccs1. The van der Waals surface area contributed by atoms with E-state index in [-0.39, 0.29) is 11.9 Å². The number of hydrogen-bond donors (Lipinski definition) is 0. The number of fused-ring (bicyclic) bond motifs is 1. The first-order valence-corrected chi connectivity index (χ1v) is 8.77. The molecule has 0 saturated carbocycles. The van der Waals surface area contributed by atoms with Crippen LogP contribution in [0.3, 0.4) is 0 Å². The number of allylic oxidation sites excluding steroid dienone is 3. The Bertz CT molecular complexity index is 667. The maximum Gasteiger partial charge on any atom is 0.247 e. The van der Waals surface area contributed by atoms with Crippen molar-refractivity contribution < 1.29 is 4.79 Å². The van der Waals surface area contributed by atoms with E-state index >= 15 is 0 Å². The van der Waals surface area contributed by atoms with E-state index in [0.717, 1.165) is 13.0 Å². The summed E-state index contributed by atoms with van der Waals surface area (Å²) in [4.78, 5) is 17.2. The van der Waals surface area contributed by atoms with Gasteiger partial charge in [-0.15, -0.1) is 22.7 Å². The van der Waals surface area contributed by atoms with Gasteiger partial charge >= 0.3 is 0 Å². The van der Waals surface area contributed by atoms with Crippen LogP contribution in [0.2, 0.25) is 0 Å². The third kappa shape index (κ3) is 2.87. The van der Waals surface area contributed by atoms with Gasteiger partial charge in [-0.1, -0.05) is 24.3 Å². The summed E-state index contributed by atoms with van der Waals surface area (Å²) in [6.45, 7) is 2.73. The fraction of sp³-hybridized carbons (Fsp3) is 0.235. The Kier molecular flexibility index (Phi) is 4.36. The molecule has 3 rings (SSSR count). The predicted molar refractivity (Wildman–Crippen MR) is 89.9 cm³/mol. The lowest BCUT2D eigenvalue weighted by atomic mass is 9.98. The van der Waals surface area contributed by atoms with Gasteiger partial charge in [0.1, 0.15) is 0 Å². The fourth-order valence-corrected chi connectivity index (χ4v) is 4.41. The normalized spacial score (nSPS) is 18.5. The zero-order chi connectivity index (χ0) is 14.7. The third-order valence-electron chi connectivity index (χ3n) is 3.60. The quantitative estimate of drug-likeness (QED) is 0.606. The smallest absolute Gasteiger partial charge is 0.247 e. The molecule has 0 aromatic carbocycles. The lowest BCUT2D eigenvalue weighted by Gasteiger charge is -2.34. The number of rotatable bonds is 3. The summed E-state index contributed by atoms with van der Waals surface area (Å²) >= 11 is 3.52. The molecule has 0 N–H and O–H groups in total. The Morgan fingerprint density at radius 3 is 2.95 bits per heavy atom. The van der Waals surface area contributed by atoms with Crippen LogP contribution < -0.4 is 0 Å². The first kappa shape index (κ1) is 14.3. The standard InChI is InChI=1S/C17H17NOS2/c1-2-3-4-7-16(19)18-10-8-14-13(9-12-21-14)17(18)15-6-5-11-20-15/h2-7,9,11-12,17H,8,10H2,1H3/b3-2+,7-4+. The van der Waals surface area contributed by atoms with E-state index in [1.54, 1.807) is 28.7 Å². The van der Waals surface area contributed by atoms with Gasteiger partial charge in [-0.05, 0) is 41.8 Å². The molecule has 0 radical (unpaired) electrons. The van der Waals surface area contributed by atoms with Crippen LogP contribution in [0, 0.1) is 0 Å². The van der Waals surface area contributed by atoms with Gasteiger partial charge in [0.05, 0.1) is 6.04 Å². The van der Waals surface area contributed by atoms with Crippen LogP contribution in [0.4, 0.5) is 0 Å². The molecule has 108 valence electrons. The number of amides is 1. The summed E-state index contributed by atoms with van der Waals surface area (Å²) < 4.78 is 0. The molecule has 2 aromatic rings. The first-order chi connectivity index (χ1) is 10.3. The van der Waals surface area contributed by atoms with Crippen LogP contribution in [0.5, 0.6) is 0 Å². The van der Waals surface area contributed by atoms with Crippen LogP contribution in [-0.2, 0) is 11.2 Å². The van der Waals surface area contributed by atoms with Crippen molar-refractivity contribution in [2.45, 2.75) is 19.4 Å². The van der Waals surface area contributed by atoms with Gasteiger partial charge in [0, 0.05) is 22.4 Å². The third-order valence-corrected chi connectivity index (χ3v) is 5.53. The minimum Gasteiger partial charge on any atom is -0.327 e. The van der Waals surface area contributed by atoms with Gasteiger partial charge in [0.15, 0.2) is 0 Å². The number of nitrogens with zero attached hydrogens (tertiary/aromatic N) is 1. The Morgan fingerprint density at radius 2 is 2.19 bits per heavy atom. The molecule has 1 amide bonds. The topological polar surface area (TPSA) is 20.3 Å². The number of thiophene rings is 2. The molecule has 4 heteroatoms. The summed E-state index contributed by atoms with van der Waals surface area (Å²) in [5.74, 6) is 0.0864. The van der Waals surface area contributed by atoms with Crippen molar-refractivity contribution in [2.75, 3.05) is 6.54 Å². The highest BCUT2D eigenvalue weighted by molar-refractivity contribution is 7.10. The van der Waals surface area contributed by atoms with E-state index in [4.69, 9.17) is 0 Å². The van der Waals surface area contributed by atoms with Crippen LogP contribution in [0.1, 0.15) is 28.3 Å². The second kappa shape index (κ2) is 6.41. The average Bonchev–Trinajstić information content (AvgIpc) is 3.17. The van der Waals surface area contributed by atoms with Crippen molar-refractivity contribution in [1.82, 2.24) is 4.90 Å². The molecule has 0 spiro atoms. The largest absolute Gasteiger partial charge is 0.327 e. The molecule has 2 nitrogen and oxygen atoms in total. The van der Waals surface area contributed by atoms with Crippen LogP contribution in [0.15, 0.2) is 53.3 Å². The average molecular weight is 315 g/mol. The molecule has 21 heavy (non-hydrogen) atoms. The van der Waals surface area contributed by atoms with Gasteiger partial charge in [-0.3, -0.25) is 4.79 Å². The van der Waals surface area contributed by atoms with Gasteiger partial charge < -0.3 is 4.90 Å². The summed E-state index contributed by atoms with van der Waals surface area (Å²) in [6, 6.07) is 6.42. The van der Waals surface area contributed by atoms with Crippen molar-refractivity contribution in [2.24, 2.45) is 0 Å². The Morgan fingerprint density at radius 1 is 1.29 bits per heavy atom. The molecule has 1 atom stereocenters. The number of carbonyl (C=O) groups is 1. The second-order valence-corrected chi connectivity index (χ2v) is 6.86. The van der Waals surface area contributed by atoms with Crippen LogP contribution in [-0.4, -0.2) is 17.4 Å². The first-order valence-electron chi connectivity index (χ1n) is 7.01. The number of carbonyl (C=O) groups excluding carboxylic acids is 1. The molecular formula is C17H17NOS2. The highest BCUT2D eigenvalue weighted by Gasteiger charge is 2.32. The Labute approximate surface area is 133 Å². The van der Waals surface area contributed by atoms with E-state index in [2.05, 4.69) is 29.0 Å². The fourth-order valence-electron chi connectivity index (χ4n) is 2.65. The number of hydrogen-bond acceptors (Lipinski definition) is 3. The second-order valence-electron chi connectivity index (χ2n) is 4.88. The molecule has 0 aliphatic carbocycles. The maximum absolute atomic E-state index is 12.5. The molecule has 0 bridgehead atoms. The molecule has 3 heterocycles. The minimum absolute atomic E-state index is 0.0720. The van der Waals surface area contributed by atoms with E-state index in [1.165, 1.54) is 15.3 Å². The Balaban J connectivity index is 1.95. The van der Waals surface area contributed by atoms with Crippen molar-refractivity contribution in [3.05, 3.63) is 68.6 Å². The summed E-state index contributed by atoms with van der Waals surface area (Å²) in [6.07, 6.45) is 8.25. The van der Waals surface area contributed by atoms with Crippen molar-refractivity contribution in [3.8, 4) is 0 Å². The molecular weight excluding hydrogens is 298 g/mol. The lowest BCUT2D eigenvalue weighted by molar-refractivity contribution is -0.127. The van der Waals surface area contributed by atoms with Crippen molar-refractivity contribution in [3.63, 3.8) is 0 Å². The van der Waals surface area contributed by atoms with Crippen molar-refractivity contribution in [1.29, 1.82) is 0 Å². The highest BCUT2D eigenvalue weighted by atomic mass is 32.1. The van der Waals surface area contributed by atoms with Gasteiger partial charge in [-0.25, -0.2) is 0 Å². The van der Waals surface area contributed by atoms with E-state index in [0.29, 0.717) is 0 Å². The molecule has 0 saturated heterocycles. The molecule has 1 aliphatic rings. The molecule has 1 unspecified atom stereocenters. The van der Waals surface area contributed by atoms with Crippen LogP contribution in [0.25, 0.3) is 0 Å². The monoisotopic (exact) mass is 315 g/mol. The summed E-state index contributed by atoms with van der Waals surface area (Å²) in [7, 11) is 0. The molecule has 1 aliphatic heterocycles. The van der Waals surface area contributed by atoms with E-state index < -0.39 is 0 Å². The van der Waals surface area contributed by atoms with Gasteiger partial charge in [-0.2, -0.15) is 0 Å². The summed E-state index contributed by atoms with van der Waals surface area (Å²) in [5, 5.41) is 4.21. The predicted octanol–water partition coefficient (Wildman–Crippen LogP) is 4.42. The van der Waals surface area contributed by atoms with Gasteiger partial charge in [0.2, 0.25) is 5.91 Å². The molecule has 0 fully saturated rings.